The fraction of sp³-hybridized carbons (Fsp3) is 0.500. The van der Waals surface area contributed by atoms with Crippen molar-refractivity contribution in [1.29, 1.82) is 0 Å². The van der Waals surface area contributed by atoms with Crippen LogP contribution in [0.15, 0.2) is 36.4 Å². The van der Waals surface area contributed by atoms with E-state index in [4.69, 9.17) is 4.74 Å². The van der Waals surface area contributed by atoms with Gasteiger partial charge in [0.15, 0.2) is 0 Å². The van der Waals surface area contributed by atoms with Gasteiger partial charge in [0.25, 0.3) is 0 Å². The molecule has 0 aromatic heterocycles. The predicted octanol–water partition coefficient (Wildman–Crippen LogP) is 4.72. The molecule has 110 valence electrons. The molecule has 0 atom stereocenters. The summed E-state index contributed by atoms with van der Waals surface area (Å²) in [6.07, 6.45) is 12.2. The fourth-order valence-electron chi connectivity index (χ4n) is 2.07. The summed E-state index contributed by atoms with van der Waals surface area (Å²) in [5, 5.41) is 0. The molecule has 0 saturated carbocycles. The minimum atomic E-state index is 0.509. The van der Waals surface area contributed by atoms with Gasteiger partial charge in [-0.2, -0.15) is 0 Å². The van der Waals surface area contributed by atoms with Crippen molar-refractivity contribution in [2.24, 2.45) is 0 Å². The fourth-order valence-corrected chi connectivity index (χ4v) is 2.07. The monoisotopic (exact) mass is 274 g/mol. The summed E-state index contributed by atoms with van der Waals surface area (Å²) in [6.45, 7) is 3.02. The van der Waals surface area contributed by atoms with Crippen LogP contribution in [0.5, 0.6) is 5.75 Å². The van der Waals surface area contributed by atoms with Gasteiger partial charge in [-0.1, -0.05) is 56.5 Å². The number of unbranched alkanes of at least 4 members (excludes halogenated alkanes) is 3. The van der Waals surface area contributed by atoms with Crippen molar-refractivity contribution >= 4 is 6.29 Å². The number of rotatable bonds is 11. The number of aldehydes is 1. The van der Waals surface area contributed by atoms with E-state index in [1.807, 2.05) is 18.2 Å². The highest BCUT2D eigenvalue weighted by atomic mass is 16.5. The van der Waals surface area contributed by atoms with Gasteiger partial charge in [0.1, 0.15) is 12.0 Å². The number of allylic oxidation sites excluding steroid dienone is 2. The van der Waals surface area contributed by atoms with Crippen molar-refractivity contribution in [1.82, 2.24) is 0 Å². The molecule has 0 aliphatic carbocycles. The lowest BCUT2D eigenvalue weighted by molar-refractivity contribution is -0.107. The van der Waals surface area contributed by atoms with Crippen LogP contribution >= 0.6 is 0 Å². The van der Waals surface area contributed by atoms with E-state index in [9.17, 15) is 4.79 Å². The Morgan fingerprint density at radius 2 is 1.95 bits per heavy atom. The number of para-hydroxylation sites is 1. The van der Waals surface area contributed by atoms with Crippen molar-refractivity contribution in [2.75, 3.05) is 6.61 Å². The Kier molecular flexibility index (Phi) is 9.29. The third kappa shape index (κ3) is 7.13. The highest BCUT2D eigenvalue weighted by molar-refractivity contribution is 5.51. The zero-order chi connectivity index (χ0) is 14.5. The first kappa shape index (κ1) is 16.5. The number of carbonyl (C=O) groups excluding carboxylic acids is 1. The van der Waals surface area contributed by atoms with Gasteiger partial charge < -0.3 is 9.53 Å². The Morgan fingerprint density at radius 1 is 1.10 bits per heavy atom. The number of hydrogen-bond donors (Lipinski definition) is 0. The highest BCUT2D eigenvalue weighted by Gasteiger charge is 2.01. The van der Waals surface area contributed by atoms with E-state index in [0.29, 0.717) is 6.42 Å². The van der Waals surface area contributed by atoms with Crippen molar-refractivity contribution in [3.8, 4) is 5.75 Å². The van der Waals surface area contributed by atoms with E-state index >= 15 is 0 Å². The quantitative estimate of drug-likeness (QED) is 0.331. The minimum absolute atomic E-state index is 0.509. The third-order valence-corrected chi connectivity index (χ3v) is 3.21. The molecule has 1 aromatic rings. The lowest BCUT2D eigenvalue weighted by Gasteiger charge is -2.10. The standard InChI is InChI=1S/C18H26O2/c1-2-3-4-11-16-20-18-14-9-8-13-17(18)12-7-5-6-10-15-19/h5-6,8-9,13-15H,2-4,7,10-12,16H2,1H3/b6-5+. The number of benzene rings is 1. The van der Waals surface area contributed by atoms with E-state index in [-0.39, 0.29) is 0 Å². The second kappa shape index (κ2) is 11.3. The average Bonchev–Trinajstić information content (AvgIpc) is 2.48. The molecule has 2 heteroatoms. The molecular weight excluding hydrogens is 248 g/mol. The summed E-state index contributed by atoms with van der Waals surface area (Å²) < 4.78 is 5.88. The largest absolute Gasteiger partial charge is 0.493 e. The van der Waals surface area contributed by atoms with Crippen LogP contribution in [-0.4, -0.2) is 12.9 Å². The molecule has 0 heterocycles. The van der Waals surface area contributed by atoms with Gasteiger partial charge in [0.2, 0.25) is 0 Å². The van der Waals surface area contributed by atoms with Crippen LogP contribution in [0, 0.1) is 0 Å². The second-order valence-electron chi connectivity index (χ2n) is 4.93. The van der Waals surface area contributed by atoms with Crippen molar-refractivity contribution < 1.29 is 9.53 Å². The average molecular weight is 274 g/mol. The van der Waals surface area contributed by atoms with Crippen LogP contribution in [0.25, 0.3) is 0 Å². The summed E-state index contributed by atoms with van der Waals surface area (Å²) in [5.41, 5.74) is 1.25. The van der Waals surface area contributed by atoms with Gasteiger partial charge in [-0.15, -0.1) is 0 Å². The van der Waals surface area contributed by atoms with E-state index in [0.717, 1.165) is 37.9 Å². The first-order valence-corrected chi connectivity index (χ1v) is 7.67. The number of ether oxygens (including phenoxy) is 1. The molecule has 1 rings (SSSR count). The summed E-state index contributed by atoms with van der Waals surface area (Å²) in [4.78, 5) is 10.2. The predicted molar refractivity (Wildman–Crippen MR) is 84.2 cm³/mol. The second-order valence-corrected chi connectivity index (χ2v) is 4.93. The smallest absolute Gasteiger partial charge is 0.123 e. The maximum Gasteiger partial charge on any atom is 0.123 e. The minimum Gasteiger partial charge on any atom is -0.493 e. The van der Waals surface area contributed by atoms with Crippen molar-refractivity contribution in [3.05, 3.63) is 42.0 Å². The Morgan fingerprint density at radius 3 is 2.75 bits per heavy atom. The molecule has 2 nitrogen and oxygen atoms in total. The molecule has 0 spiro atoms. The molecule has 0 saturated heterocycles. The molecule has 0 N–H and O–H groups in total. The van der Waals surface area contributed by atoms with Gasteiger partial charge >= 0.3 is 0 Å². The molecule has 0 radical (unpaired) electrons. The van der Waals surface area contributed by atoms with Gasteiger partial charge in [-0.05, 0) is 30.9 Å². The van der Waals surface area contributed by atoms with Crippen molar-refractivity contribution in [2.45, 2.75) is 51.9 Å². The molecule has 0 amide bonds. The molecule has 1 aromatic carbocycles. The molecule has 0 aliphatic rings. The molecular formula is C18H26O2. The van der Waals surface area contributed by atoms with E-state index < -0.39 is 0 Å². The summed E-state index contributed by atoms with van der Waals surface area (Å²) in [6, 6.07) is 8.24. The number of hydrogen-bond acceptors (Lipinski definition) is 2. The summed E-state index contributed by atoms with van der Waals surface area (Å²) in [7, 11) is 0. The van der Waals surface area contributed by atoms with Crippen LogP contribution in [0.2, 0.25) is 0 Å². The number of carbonyl (C=O) groups is 1. The van der Waals surface area contributed by atoms with Crippen molar-refractivity contribution in [3.63, 3.8) is 0 Å². The van der Waals surface area contributed by atoms with Crippen LogP contribution in [0.4, 0.5) is 0 Å². The Labute approximate surface area is 122 Å². The van der Waals surface area contributed by atoms with Gasteiger partial charge in [0, 0.05) is 6.42 Å². The van der Waals surface area contributed by atoms with Gasteiger partial charge in [0.05, 0.1) is 6.61 Å². The van der Waals surface area contributed by atoms with E-state index in [2.05, 4.69) is 25.1 Å². The Hall–Kier alpha value is -1.57. The topological polar surface area (TPSA) is 26.3 Å². The SMILES string of the molecule is CCCCCCOc1ccccc1CC/C=C/CC=O. The highest BCUT2D eigenvalue weighted by Crippen LogP contribution is 2.20. The lowest BCUT2D eigenvalue weighted by atomic mass is 10.1. The zero-order valence-corrected chi connectivity index (χ0v) is 12.5. The van der Waals surface area contributed by atoms with Gasteiger partial charge in [-0.3, -0.25) is 0 Å². The third-order valence-electron chi connectivity index (χ3n) is 3.21. The van der Waals surface area contributed by atoms with Crippen LogP contribution in [-0.2, 0) is 11.2 Å². The molecule has 0 aliphatic heterocycles. The first-order valence-electron chi connectivity index (χ1n) is 7.67. The molecule has 0 bridgehead atoms. The molecule has 0 fully saturated rings. The maximum atomic E-state index is 10.2. The summed E-state index contributed by atoms with van der Waals surface area (Å²) >= 11 is 0. The van der Waals surface area contributed by atoms with E-state index in [1.165, 1.54) is 24.8 Å². The maximum absolute atomic E-state index is 10.2. The van der Waals surface area contributed by atoms with Gasteiger partial charge in [-0.25, -0.2) is 0 Å². The molecule has 0 unspecified atom stereocenters. The normalized spacial score (nSPS) is 10.8. The number of aryl methyl sites for hydroxylation is 1. The van der Waals surface area contributed by atoms with Crippen LogP contribution in [0.1, 0.15) is 51.0 Å². The lowest BCUT2D eigenvalue weighted by Crippen LogP contribution is -2.00. The molecule has 20 heavy (non-hydrogen) atoms. The van der Waals surface area contributed by atoms with Crippen LogP contribution < -0.4 is 4.74 Å². The Balaban J connectivity index is 2.36. The summed E-state index contributed by atoms with van der Waals surface area (Å²) in [5.74, 6) is 1.01. The Bertz CT molecular complexity index is 396. The van der Waals surface area contributed by atoms with Crippen LogP contribution in [0.3, 0.4) is 0 Å². The van der Waals surface area contributed by atoms with E-state index in [1.54, 1.807) is 0 Å². The zero-order valence-electron chi connectivity index (χ0n) is 12.5. The first-order chi connectivity index (χ1) is 9.88.